The Morgan fingerprint density at radius 3 is 2.55 bits per heavy atom. The zero-order valence-corrected chi connectivity index (χ0v) is 19.9. The number of aromatic nitrogens is 1. The normalized spacial score (nSPS) is 22.2. The predicted molar refractivity (Wildman–Crippen MR) is 131 cm³/mol. The fraction of sp³-hybridized carbons (Fsp3) is 0.500. The Labute approximate surface area is 196 Å². The third kappa shape index (κ3) is 5.36. The van der Waals surface area contributed by atoms with E-state index in [1.54, 1.807) is 11.0 Å². The smallest absolute Gasteiger partial charge is 0.313 e. The lowest BCUT2D eigenvalue weighted by Crippen LogP contribution is -2.46. The number of nitrogens with zero attached hydrogens (tertiary/aromatic N) is 3. The van der Waals surface area contributed by atoms with Crippen molar-refractivity contribution in [3.05, 3.63) is 53.2 Å². The highest BCUT2D eigenvalue weighted by Crippen LogP contribution is 2.36. The van der Waals surface area contributed by atoms with Gasteiger partial charge in [0.05, 0.1) is 17.9 Å². The third-order valence-corrected chi connectivity index (χ3v) is 7.13. The van der Waals surface area contributed by atoms with Crippen molar-refractivity contribution in [2.24, 2.45) is 5.92 Å². The van der Waals surface area contributed by atoms with Crippen molar-refractivity contribution in [3.63, 3.8) is 0 Å². The van der Waals surface area contributed by atoms with E-state index in [0.717, 1.165) is 49.9 Å². The van der Waals surface area contributed by atoms with Crippen molar-refractivity contribution in [2.45, 2.75) is 51.5 Å². The molecule has 0 radical (unpaired) electrons. The average Bonchev–Trinajstić information content (AvgIpc) is 2.81. The number of hydrogen-bond acceptors (Lipinski definition) is 5. The van der Waals surface area contributed by atoms with Crippen molar-refractivity contribution in [2.75, 3.05) is 37.7 Å². The Morgan fingerprint density at radius 1 is 1.09 bits per heavy atom. The highest BCUT2D eigenvalue weighted by atomic mass is 16.2. The minimum Gasteiger partial charge on any atom is -0.383 e. The van der Waals surface area contributed by atoms with E-state index in [2.05, 4.69) is 53.4 Å². The molecule has 3 N–H and O–H groups in total. The molecule has 2 atom stereocenters. The summed E-state index contributed by atoms with van der Waals surface area (Å²) >= 11 is 0. The van der Waals surface area contributed by atoms with Crippen molar-refractivity contribution < 1.29 is 9.59 Å². The first-order valence-electron chi connectivity index (χ1n) is 11.9. The van der Waals surface area contributed by atoms with Gasteiger partial charge in [-0.3, -0.25) is 9.59 Å². The molecular weight excluding hydrogens is 414 g/mol. The molecule has 3 heterocycles. The van der Waals surface area contributed by atoms with Crippen LogP contribution in [0.25, 0.3) is 0 Å². The van der Waals surface area contributed by atoms with E-state index in [-0.39, 0.29) is 6.04 Å². The number of carbonyl (C=O) groups is 2. The van der Waals surface area contributed by atoms with Gasteiger partial charge in [0.1, 0.15) is 5.82 Å². The van der Waals surface area contributed by atoms with E-state index in [9.17, 15) is 9.59 Å². The Hall–Kier alpha value is -2.93. The highest BCUT2D eigenvalue weighted by Gasteiger charge is 2.34. The number of nitrogen functional groups attached to an aromatic ring is 1. The second kappa shape index (κ2) is 9.91. The van der Waals surface area contributed by atoms with E-state index < -0.39 is 11.8 Å². The van der Waals surface area contributed by atoms with Crippen LogP contribution in [0.4, 0.5) is 11.5 Å². The lowest BCUT2D eigenvalue weighted by Gasteiger charge is -2.39. The minimum atomic E-state index is -0.633. The van der Waals surface area contributed by atoms with Gasteiger partial charge in [0.15, 0.2) is 0 Å². The van der Waals surface area contributed by atoms with Crippen molar-refractivity contribution in [1.29, 1.82) is 0 Å². The molecule has 1 aromatic heterocycles. The van der Waals surface area contributed by atoms with Crippen LogP contribution in [0.2, 0.25) is 0 Å². The van der Waals surface area contributed by atoms with Crippen LogP contribution >= 0.6 is 0 Å². The summed E-state index contributed by atoms with van der Waals surface area (Å²) in [6.45, 7) is 6.75. The fourth-order valence-corrected chi connectivity index (χ4v) is 5.05. The number of pyridine rings is 1. The summed E-state index contributed by atoms with van der Waals surface area (Å²) in [5, 5.41) is 2.71. The Bertz CT molecular complexity index is 1020. The van der Waals surface area contributed by atoms with Gasteiger partial charge in [-0.05, 0) is 87.3 Å². The van der Waals surface area contributed by atoms with E-state index in [1.165, 1.54) is 11.8 Å². The number of likely N-dealkylation sites (tertiary alicyclic amines) is 2. The van der Waals surface area contributed by atoms with E-state index in [4.69, 9.17) is 5.73 Å². The maximum atomic E-state index is 13.3. The van der Waals surface area contributed by atoms with E-state index in [1.807, 2.05) is 6.92 Å². The first kappa shape index (κ1) is 23.2. The van der Waals surface area contributed by atoms with Crippen LogP contribution in [-0.2, 0) is 9.59 Å². The molecule has 2 fully saturated rings. The Morgan fingerprint density at radius 2 is 1.82 bits per heavy atom. The predicted octanol–water partition coefficient (Wildman–Crippen LogP) is 3.72. The van der Waals surface area contributed by atoms with Crippen LogP contribution in [-0.4, -0.2) is 53.3 Å². The molecule has 7 heteroatoms. The zero-order valence-electron chi connectivity index (χ0n) is 19.9. The summed E-state index contributed by atoms with van der Waals surface area (Å²) in [7, 11) is 2.17. The van der Waals surface area contributed by atoms with Gasteiger partial charge < -0.3 is 20.9 Å². The molecule has 176 valence electrons. The maximum Gasteiger partial charge on any atom is 0.313 e. The Kier molecular flexibility index (Phi) is 6.98. The molecule has 4 rings (SSSR count). The second-order valence-electron chi connectivity index (χ2n) is 9.78. The number of nitrogens with two attached hydrogens (primary N) is 1. The molecule has 2 aromatic rings. The lowest BCUT2D eigenvalue weighted by atomic mass is 9.85. The zero-order chi connectivity index (χ0) is 23.5. The largest absolute Gasteiger partial charge is 0.383 e. The van der Waals surface area contributed by atoms with Crippen molar-refractivity contribution in [3.8, 4) is 0 Å². The molecule has 0 spiro atoms. The van der Waals surface area contributed by atoms with Gasteiger partial charge in [-0.25, -0.2) is 4.98 Å². The van der Waals surface area contributed by atoms with Crippen molar-refractivity contribution in [1.82, 2.24) is 14.8 Å². The fourth-order valence-electron chi connectivity index (χ4n) is 5.05. The standard InChI is InChI=1S/C26H35N5O2/c1-17-7-8-23(21-6-4-5-20(14-21)19-9-11-30(3)12-10-19)31(16-17)26(33)25(32)29-22-13-18(2)24(27)28-15-22/h4-6,13-15,17,19,23H,7-12,16H2,1-3H3,(H2,27,28)(H,29,32)/t17-,23?/m0/s1. The first-order chi connectivity index (χ1) is 15.8. The lowest BCUT2D eigenvalue weighted by molar-refractivity contribution is -0.146. The third-order valence-electron chi connectivity index (χ3n) is 7.13. The van der Waals surface area contributed by atoms with Crippen LogP contribution in [0.3, 0.4) is 0 Å². The summed E-state index contributed by atoms with van der Waals surface area (Å²) in [5.74, 6) is 0.193. The highest BCUT2D eigenvalue weighted by molar-refractivity contribution is 6.39. The first-order valence-corrected chi connectivity index (χ1v) is 11.9. The van der Waals surface area contributed by atoms with Gasteiger partial charge in [0, 0.05) is 6.54 Å². The summed E-state index contributed by atoms with van der Waals surface area (Å²) < 4.78 is 0. The quantitative estimate of drug-likeness (QED) is 0.697. The molecule has 2 aliphatic heterocycles. The number of benzene rings is 1. The number of nitrogens with one attached hydrogen (secondary N) is 1. The SMILES string of the molecule is Cc1cc(NC(=O)C(=O)N2C[C@@H](C)CCC2c2cccc(C3CCN(C)CC3)c2)cnc1N. The minimum absolute atomic E-state index is 0.0862. The summed E-state index contributed by atoms with van der Waals surface area (Å²) in [4.78, 5) is 34.3. The Balaban J connectivity index is 1.52. The van der Waals surface area contributed by atoms with Gasteiger partial charge in [-0.15, -0.1) is 0 Å². The molecule has 0 aliphatic carbocycles. The molecule has 2 amide bonds. The van der Waals surface area contributed by atoms with E-state index >= 15 is 0 Å². The summed E-state index contributed by atoms with van der Waals surface area (Å²) in [6.07, 6.45) is 5.69. The van der Waals surface area contributed by atoms with Gasteiger partial charge in [-0.1, -0.05) is 31.2 Å². The molecule has 33 heavy (non-hydrogen) atoms. The molecule has 2 aliphatic rings. The topological polar surface area (TPSA) is 91.6 Å². The molecule has 0 bridgehead atoms. The molecule has 0 saturated carbocycles. The van der Waals surface area contributed by atoms with Gasteiger partial charge in [0.2, 0.25) is 0 Å². The van der Waals surface area contributed by atoms with Gasteiger partial charge >= 0.3 is 11.8 Å². The van der Waals surface area contributed by atoms with Gasteiger partial charge in [0.25, 0.3) is 0 Å². The number of rotatable bonds is 3. The molecule has 2 saturated heterocycles. The van der Waals surface area contributed by atoms with Crippen molar-refractivity contribution >= 4 is 23.3 Å². The van der Waals surface area contributed by atoms with Gasteiger partial charge in [-0.2, -0.15) is 0 Å². The van der Waals surface area contributed by atoms with Crippen LogP contribution in [0.5, 0.6) is 0 Å². The second-order valence-corrected chi connectivity index (χ2v) is 9.78. The number of hydrogen-bond donors (Lipinski definition) is 2. The molecular formula is C26H35N5O2. The monoisotopic (exact) mass is 449 g/mol. The van der Waals surface area contributed by atoms with Crippen LogP contribution in [0.1, 0.15) is 61.3 Å². The maximum absolute atomic E-state index is 13.3. The van der Waals surface area contributed by atoms with Crippen LogP contribution in [0.15, 0.2) is 36.5 Å². The number of anilines is 2. The molecule has 7 nitrogen and oxygen atoms in total. The molecule has 1 aromatic carbocycles. The number of piperidine rings is 2. The average molecular weight is 450 g/mol. The van der Waals surface area contributed by atoms with Crippen LogP contribution in [0, 0.1) is 12.8 Å². The number of aryl methyl sites for hydroxylation is 1. The number of amides is 2. The van der Waals surface area contributed by atoms with E-state index in [0.29, 0.717) is 29.9 Å². The summed E-state index contributed by atoms with van der Waals surface area (Å²) in [5.41, 5.74) is 9.48. The van der Waals surface area contributed by atoms with Crippen LogP contribution < -0.4 is 11.1 Å². The summed E-state index contributed by atoms with van der Waals surface area (Å²) in [6, 6.07) is 10.3. The number of carbonyl (C=O) groups excluding carboxylic acids is 2. The molecule has 1 unspecified atom stereocenters.